The molecule has 1 aromatic carbocycles. The molecule has 0 aliphatic heterocycles. The number of quaternary nitrogens is 1. The molecule has 0 saturated heterocycles. The number of carbonyl (C=O) groups is 1. The first-order valence-corrected chi connectivity index (χ1v) is 8.53. The molecule has 1 aliphatic rings. The number of hydrogen-bond donors (Lipinski definition) is 2. The Hall–Kier alpha value is -1.61. The Morgan fingerprint density at radius 1 is 1.27 bits per heavy atom. The minimum atomic E-state index is -0.0167. The predicted octanol–water partition coefficient (Wildman–Crippen LogP) is 3.13. The molecule has 1 saturated carbocycles. The first-order valence-electron chi connectivity index (χ1n) is 8.53. The van der Waals surface area contributed by atoms with Crippen molar-refractivity contribution in [1.29, 1.82) is 0 Å². The van der Waals surface area contributed by atoms with Crippen LogP contribution in [-0.4, -0.2) is 22.9 Å². The molecular formula is C19H27N2O+. The molecule has 118 valence electrons. The Morgan fingerprint density at radius 2 is 2.05 bits per heavy atom. The van der Waals surface area contributed by atoms with E-state index < -0.39 is 0 Å². The van der Waals surface area contributed by atoms with E-state index in [0.29, 0.717) is 12.0 Å². The van der Waals surface area contributed by atoms with Crippen LogP contribution in [0.1, 0.15) is 50.4 Å². The number of fused-ring (bicyclic) bond motifs is 1. The molecule has 0 amide bonds. The van der Waals surface area contributed by atoms with Crippen molar-refractivity contribution in [3.8, 4) is 0 Å². The largest absolute Gasteiger partial charge is 0.360 e. The molecule has 3 rings (SSSR count). The van der Waals surface area contributed by atoms with Gasteiger partial charge in [0.1, 0.15) is 6.04 Å². The molecule has 0 spiro atoms. The molecule has 4 atom stereocenters. The summed E-state index contributed by atoms with van der Waals surface area (Å²) in [6, 6.07) is 8.59. The quantitative estimate of drug-likeness (QED) is 0.837. The number of Topliss-reactive ketones (excluding diaryl/α,β-unsaturated/α-hetero) is 1. The maximum absolute atomic E-state index is 12.8. The Bertz CT molecular complexity index is 660. The molecule has 1 heterocycles. The summed E-state index contributed by atoms with van der Waals surface area (Å²) in [4.78, 5) is 16.0. The van der Waals surface area contributed by atoms with Crippen molar-refractivity contribution in [2.24, 2.45) is 11.8 Å². The number of benzene rings is 1. The highest BCUT2D eigenvalue weighted by molar-refractivity contribution is 6.09. The number of aromatic nitrogens is 1. The monoisotopic (exact) mass is 299 g/mol. The highest BCUT2D eigenvalue weighted by atomic mass is 16.1. The molecule has 22 heavy (non-hydrogen) atoms. The van der Waals surface area contributed by atoms with Crippen LogP contribution in [0, 0.1) is 11.8 Å². The van der Waals surface area contributed by atoms with Gasteiger partial charge in [-0.25, -0.2) is 0 Å². The molecule has 0 bridgehead atoms. The first-order chi connectivity index (χ1) is 10.6. The average Bonchev–Trinajstić information content (AvgIpc) is 2.95. The summed E-state index contributed by atoms with van der Waals surface area (Å²) < 4.78 is 0. The van der Waals surface area contributed by atoms with Gasteiger partial charge in [0.25, 0.3) is 0 Å². The first kappa shape index (κ1) is 15.3. The Balaban J connectivity index is 1.74. The number of hydrogen-bond acceptors (Lipinski definition) is 1. The van der Waals surface area contributed by atoms with E-state index in [4.69, 9.17) is 0 Å². The fraction of sp³-hybridized carbons (Fsp3) is 0.526. The van der Waals surface area contributed by atoms with Crippen molar-refractivity contribution in [1.82, 2.24) is 4.98 Å². The van der Waals surface area contributed by atoms with Crippen LogP contribution < -0.4 is 5.32 Å². The number of aromatic amines is 1. The van der Waals surface area contributed by atoms with E-state index in [9.17, 15) is 4.79 Å². The van der Waals surface area contributed by atoms with Crippen LogP contribution in [0.25, 0.3) is 10.9 Å². The Labute approximate surface area is 132 Å². The summed E-state index contributed by atoms with van der Waals surface area (Å²) in [5.41, 5.74) is 1.87. The molecule has 1 fully saturated rings. The third kappa shape index (κ3) is 2.82. The highest BCUT2D eigenvalue weighted by Crippen LogP contribution is 2.27. The number of H-pyrrole nitrogens is 1. The number of carbonyl (C=O) groups excluding carboxylic acids is 1. The molecular weight excluding hydrogens is 272 g/mol. The van der Waals surface area contributed by atoms with Crippen molar-refractivity contribution < 1.29 is 10.1 Å². The van der Waals surface area contributed by atoms with Crippen molar-refractivity contribution in [2.45, 2.75) is 52.1 Å². The van der Waals surface area contributed by atoms with Gasteiger partial charge in [0.05, 0.1) is 6.04 Å². The second-order valence-corrected chi connectivity index (χ2v) is 7.02. The number of para-hydroxylation sites is 1. The molecule has 1 aromatic heterocycles. The van der Waals surface area contributed by atoms with E-state index in [2.05, 4.69) is 31.1 Å². The average molecular weight is 299 g/mol. The van der Waals surface area contributed by atoms with Gasteiger partial charge in [-0.1, -0.05) is 32.0 Å². The lowest BCUT2D eigenvalue weighted by atomic mass is 9.77. The van der Waals surface area contributed by atoms with E-state index >= 15 is 0 Å². The van der Waals surface area contributed by atoms with E-state index in [-0.39, 0.29) is 11.8 Å². The third-order valence-corrected chi connectivity index (χ3v) is 5.57. The van der Waals surface area contributed by atoms with Gasteiger partial charge >= 0.3 is 0 Å². The van der Waals surface area contributed by atoms with E-state index in [1.807, 2.05) is 30.5 Å². The molecule has 1 aliphatic carbocycles. The molecule has 0 radical (unpaired) electrons. The number of nitrogens with one attached hydrogen (secondary N) is 1. The number of nitrogens with two attached hydrogens (primary N) is 1. The molecule has 3 N–H and O–H groups in total. The SMILES string of the molecule is C[C@@H]1[C@H](C)CCC[C@H]1[NH2+][C@@H](C)C(=O)c1c[nH]c2ccccc12. The zero-order valence-electron chi connectivity index (χ0n) is 13.8. The molecule has 0 unspecified atom stereocenters. The summed E-state index contributed by atoms with van der Waals surface area (Å²) in [7, 11) is 0. The highest BCUT2D eigenvalue weighted by Gasteiger charge is 2.33. The van der Waals surface area contributed by atoms with Crippen LogP contribution in [0.5, 0.6) is 0 Å². The van der Waals surface area contributed by atoms with Crippen LogP contribution in [0.3, 0.4) is 0 Å². The van der Waals surface area contributed by atoms with Gasteiger partial charge in [-0.3, -0.25) is 4.79 Å². The second-order valence-electron chi connectivity index (χ2n) is 7.02. The lowest BCUT2D eigenvalue weighted by Gasteiger charge is -2.33. The zero-order valence-corrected chi connectivity index (χ0v) is 13.8. The van der Waals surface area contributed by atoms with Crippen LogP contribution in [-0.2, 0) is 0 Å². The van der Waals surface area contributed by atoms with Crippen molar-refractivity contribution in [3.63, 3.8) is 0 Å². The third-order valence-electron chi connectivity index (χ3n) is 5.57. The zero-order chi connectivity index (χ0) is 15.7. The van der Waals surface area contributed by atoms with Gasteiger partial charge in [-0.2, -0.15) is 0 Å². The van der Waals surface area contributed by atoms with Gasteiger partial charge in [-0.05, 0) is 38.2 Å². The van der Waals surface area contributed by atoms with Crippen LogP contribution in [0.4, 0.5) is 0 Å². The predicted molar refractivity (Wildman–Crippen MR) is 90.0 cm³/mol. The second kappa shape index (κ2) is 6.25. The van der Waals surface area contributed by atoms with Gasteiger partial charge < -0.3 is 10.3 Å². The van der Waals surface area contributed by atoms with Crippen molar-refractivity contribution in [2.75, 3.05) is 0 Å². The van der Waals surface area contributed by atoms with Gasteiger partial charge in [0.15, 0.2) is 0 Å². The lowest BCUT2D eigenvalue weighted by molar-refractivity contribution is -0.714. The smallest absolute Gasteiger partial charge is 0.221 e. The lowest BCUT2D eigenvalue weighted by Crippen LogP contribution is -2.97. The maximum atomic E-state index is 12.8. The van der Waals surface area contributed by atoms with Crippen molar-refractivity contribution in [3.05, 3.63) is 36.0 Å². The van der Waals surface area contributed by atoms with Gasteiger partial charge in [-0.15, -0.1) is 0 Å². The van der Waals surface area contributed by atoms with Crippen LogP contribution in [0.2, 0.25) is 0 Å². The van der Waals surface area contributed by atoms with Crippen molar-refractivity contribution >= 4 is 16.7 Å². The van der Waals surface area contributed by atoms with Crippen LogP contribution >= 0.6 is 0 Å². The Kier molecular flexibility index (Phi) is 4.34. The van der Waals surface area contributed by atoms with E-state index in [1.54, 1.807) is 0 Å². The molecule has 3 heteroatoms. The van der Waals surface area contributed by atoms with Gasteiger partial charge in [0, 0.05) is 28.6 Å². The van der Waals surface area contributed by atoms with E-state index in [0.717, 1.165) is 22.4 Å². The Morgan fingerprint density at radius 3 is 2.86 bits per heavy atom. The summed E-state index contributed by atoms with van der Waals surface area (Å²) in [5, 5.41) is 3.35. The standard InChI is InChI=1S/C19H26N2O/c1-12-7-6-10-17(13(12)2)21-14(3)19(22)16-11-20-18-9-5-4-8-15(16)18/h4-5,8-9,11-14,17,20-21H,6-7,10H2,1-3H3/p+1/t12-,13-,14+,17-/m1/s1. The minimum Gasteiger partial charge on any atom is -0.360 e. The summed E-state index contributed by atoms with van der Waals surface area (Å²) in [5.74, 6) is 1.69. The van der Waals surface area contributed by atoms with E-state index in [1.165, 1.54) is 19.3 Å². The summed E-state index contributed by atoms with van der Waals surface area (Å²) in [6.07, 6.45) is 5.72. The number of rotatable bonds is 4. The summed E-state index contributed by atoms with van der Waals surface area (Å²) in [6.45, 7) is 6.74. The fourth-order valence-corrected chi connectivity index (χ4v) is 3.87. The number of ketones is 1. The maximum Gasteiger partial charge on any atom is 0.221 e. The van der Waals surface area contributed by atoms with Crippen LogP contribution in [0.15, 0.2) is 30.5 Å². The molecule has 2 aromatic rings. The normalized spacial score (nSPS) is 27.0. The summed E-state index contributed by atoms with van der Waals surface area (Å²) >= 11 is 0. The minimum absolute atomic E-state index is 0.0167. The fourth-order valence-electron chi connectivity index (χ4n) is 3.87. The topological polar surface area (TPSA) is 49.5 Å². The van der Waals surface area contributed by atoms with Gasteiger partial charge in [0.2, 0.25) is 5.78 Å². The molecule has 3 nitrogen and oxygen atoms in total.